The van der Waals surface area contributed by atoms with Crippen LogP contribution >= 0.6 is 0 Å². The average Bonchev–Trinajstić information content (AvgIpc) is 3.43. The number of ether oxygens (including phenoxy) is 2. The van der Waals surface area contributed by atoms with Crippen LogP contribution in [0.4, 0.5) is 0 Å². The molecule has 0 radical (unpaired) electrons. The largest absolute Gasteiger partial charge is 0.437 e. The Kier molecular flexibility index (Phi) is 6.11. The average molecular weight is 443 g/mol. The van der Waals surface area contributed by atoms with E-state index in [1.165, 1.54) is 57.0 Å². The Morgan fingerprint density at radius 3 is 1.82 bits per heavy atom. The summed E-state index contributed by atoms with van der Waals surface area (Å²) in [4.78, 5) is 0. The van der Waals surface area contributed by atoms with E-state index in [0.717, 1.165) is 11.8 Å². The second-order valence-electron chi connectivity index (χ2n) is 11.7. The zero-order valence-corrected chi connectivity index (χ0v) is 22.0. The summed E-state index contributed by atoms with van der Waals surface area (Å²) in [6, 6.07) is 2.53. The molecular formula is C21H42O4Si3. The third kappa shape index (κ3) is 6.02. The Hall–Kier alpha value is 0.491. The Morgan fingerprint density at radius 2 is 1.21 bits per heavy atom. The number of hydrogen-bond acceptors (Lipinski definition) is 4. The summed E-state index contributed by atoms with van der Waals surface area (Å²) in [5.41, 5.74) is 0. The molecule has 7 heteroatoms. The van der Waals surface area contributed by atoms with E-state index in [1.54, 1.807) is 0 Å². The van der Waals surface area contributed by atoms with Crippen LogP contribution in [0.15, 0.2) is 0 Å². The molecule has 2 saturated heterocycles. The molecule has 2 heterocycles. The molecule has 0 spiro atoms. The number of fused-ring (bicyclic) bond motifs is 2. The maximum absolute atomic E-state index is 6.86. The highest BCUT2D eigenvalue weighted by molar-refractivity contribution is 6.87. The quantitative estimate of drug-likeness (QED) is 0.341. The van der Waals surface area contributed by atoms with Gasteiger partial charge in [-0.15, -0.1) is 0 Å². The minimum Gasteiger partial charge on any atom is -0.437 e. The summed E-state index contributed by atoms with van der Waals surface area (Å²) in [6.07, 6.45) is 11.5. The molecule has 0 bridgehead atoms. The van der Waals surface area contributed by atoms with E-state index >= 15 is 0 Å². The molecule has 2 aliphatic heterocycles. The second-order valence-corrected chi connectivity index (χ2v) is 24.0. The van der Waals surface area contributed by atoms with Gasteiger partial charge in [-0.1, -0.05) is 6.42 Å². The third-order valence-electron chi connectivity index (χ3n) is 7.20. The highest BCUT2D eigenvalue weighted by atomic mass is 28.5. The lowest BCUT2D eigenvalue weighted by molar-refractivity contribution is 0.346. The van der Waals surface area contributed by atoms with Crippen molar-refractivity contribution in [2.75, 3.05) is 0 Å². The molecule has 4 nitrogen and oxygen atoms in total. The predicted molar refractivity (Wildman–Crippen MR) is 121 cm³/mol. The SMILES string of the molecule is C[Si](C)(CCC1CCC2OC2C1)O[Si](C)(C)O[Si](C)(C)CC1CCC2OC2C1. The minimum atomic E-state index is -2.09. The van der Waals surface area contributed by atoms with Crippen LogP contribution in [-0.4, -0.2) is 49.6 Å². The standard InChI is InChI=1S/C21H42O4Si3/c1-26(2,12-11-16-7-9-18-20(13-16)22-18)24-28(5,6)25-27(3,4)15-17-8-10-19-21(14-17)23-19/h16-21H,7-15H2,1-6H3. The van der Waals surface area contributed by atoms with E-state index in [9.17, 15) is 0 Å². The van der Waals surface area contributed by atoms with Crippen molar-refractivity contribution < 1.29 is 17.7 Å². The monoisotopic (exact) mass is 442 g/mol. The van der Waals surface area contributed by atoms with E-state index in [1.807, 2.05) is 0 Å². The van der Waals surface area contributed by atoms with Gasteiger partial charge in [0.2, 0.25) is 0 Å². The van der Waals surface area contributed by atoms with E-state index in [0.29, 0.717) is 24.4 Å². The van der Waals surface area contributed by atoms with Crippen molar-refractivity contribution in [3.63, 3.8) is 0 Å². The van der Waals surface area contributed by atoms with Gasteiger partial charge in [0.1, 0.15) is 0 Å². The van der Waals surface area contributed by atoms with Crippen LogP contribution in [-0.2, 0) is 17.7 Å². The zero-order chi connectivity index (χ0) is 20.2. The highest BCUT2D eigenvalue weighted by Crippen LogP contribution is 2.43. The molecule has 2 saturated carbocycles. The van der Waals surface area contributed by atoms with Crippen molar-refractivity contribution in [2.45, 2.75) is 121 Å². The van der Waals surface area contributed by atoms with E-state index in [2.05, 4.69) is 39.3 Å². The molecular weight excluding hydrogens is 400 g/mol. The Bertz CT molecular complexity index is 568. The normalized spacial score (nSPS) is 37.9. The van der Waals surface area contributed by atoms with Crippen LogP contribution in [0.5, 0.6) is 0 Å². The van der Waals surface area contributed by atoms with Gasteiger partial charge in [-0.05, 0) is 102 Å². The molecule has 4 fully saturated rings. The van der Waals surface area contributed by atoms with Crippen molar-refractivity contribution >= 4 is 25.2 Å². The van der Waals surface area contributed by atoms with Gasteiger partial charge in [0, 0.05) is 0 Å². The lowest BCUT2D eigenvalue weighted by Crippen LogP contribution is -2.53. The van der Waals surface area contributed by atoms with Crippen molar-refractivity contribution in [1.29, 1.82) is 0 Å². The molecule has 0 aromatic heterocycles. The number of hydrogen-bond donors (Lipinski definition) is 0. The van der Waals surface area contributed by atoms with E-state index < -0.39 is 25.2 Å². The van der Waals surface area contributed by atoms with Crippen molar-refractivity contribution in [3.05, 3.63) is 0 Å². The van der Waals surface area contributed by atoms with Gasteiger partial charge in [-0.2, -0.15) is 0 Å². The van der Waals surface area contributed by atoms with Crippen LogP contribution in [0.2, 0.25) is 51.4 Å². The molecule has 0 amide bonds. The van der Waals surface area contributed by atoms with Gasteiger partial charge in [0.05, 0.1) is 24.4 Å². The van der Waals surface area contributed by atoms with Crippen molar-refractivity contribution in [3.8, 4) is 0 Å². The van der Waals surface area contributed by atoms with Crippen LogP contribution in [0.25, 0.3) is 0 Å². The van der Waals surface area contributed by atoms with Gasteiger partial charge in [-0.25, -0.2) is 0 Å². The van der Waals surface area contributed by atoms with Crippen LogP contribution in [0.3, 0.4) is 0 Å². The fraction of sp³-hybridized carbons (Fsp3) is 1.00. The van der Waals surface area contributed by atoms with Crippen LogP contribution < -0.4 is 0 Å². The first-order chi connectivity index (χ1) is 13.0. The first kappa shape index (κ1) is 21.7. The number of rotatable bonds is 9. The fourth-order valence-electron chi connectivity index (χ4n) is 6.11. The second kappa shape index (κ2) is 7.88. The summed E-state index contributed by atoms with van der Waals surface area (Å²) in [5, 5.41) is 0. The van der Waals surface area contributed by atoms with Gasteiger partial charge in [-0.3, -0.25) is 0 Å². The zero-order valence-electron chi connectivity index (χ0n) is 19.0. The Morgan fingerprint density at radius 1 is 0.679 bits per heavy atom. The summed E-state index contributed by atoms with van der Waals surface area (Å²) in [7, 11) is -5.49. The molecule has 6 atom stereocenters. The topological polar surface area (TPSA) is 43.5 Å². The van der Waals surface area contributed by atoms with Gasteiger partial charge in [0.15, 0.2) is 16.6 Å². The molecule has 28 heavy (non-hydrogen) atoms. The molecule has 0 N–H and O–H groups in total. The lowest BCUT2D eigenvalue weighted by Gasteiger charge is -2.40. The smallest absolute Gasteiger partial charge is 0.311 e. The van der Waals surface area contributed by atoms with Crippen molar-refractivity contribution in [1.82, 2.24) is 0 Å². The molecule has 0 aromatic rings. The predicted octanol–water partition coefficient (Wildman–Crippen LogP) is 5.66. The van der Waals surface area contributed by atoms with Gasteiger partial charge < -0.3 is 17.7 Å². The van der Waals surface area contributed by atoms with Crippen LogP contribution in [0.1, 0.15) is 44.9 Å². The van der Waals surface area contributed by atoms with Gasteiger partial charge in [0.25, 0.3) is 0 Å². The molecule has 2 aliphatic carbocycles. The van der Waals surface area contributed by atoms with Crippen molar-refractivity contribution in [2.24, 2.45) is 11.8 Å². The molecule has 4 rings (SSSR count). The summed E-state index contributed by atoms with van der Waals surface area (Å²) in [6.45, 7) is 14.2. The maximum Gasteiger partial charge on any atom is 0.311 e. The van der Waals surface area contributed by atoms with Crippen LogP contribution in [0, 0.1) is 11.8 Å². The minimum absolute atomic E-state index is 0.576. The maximum atomic E-state index is 6.86. The Balaban J connectivity index is 1.23. The first-order valence-corrected chi connectivity index (χ1v) is 20.8. The molecule has 162 valence electrons. The van der Waals surface area contributed by atoms with E-state index in [4.69, 9.17) is 17.7 Å². The number of epoxide rings is 2. The summed E-state index contributed by atoms with van der Waals surface area (Å²) in [5.74, 6) is 1.66. The Labute approximate surface area is 175 Å². The fourth-order valence-corrected chi connectivity index (χ4v) is 20.9. The molecule has 0 aromatic carbocycles. The first-order valence-electron chi connectivity index (χ1n) is 11.7. The highest BCUT2D eigenvalue weighted by Gasteiger charge is 2.47. The summed E-state index contributed by atoms with van der Waals surface area (Å²) >= 11 is 0. The molecule has 4 aliphatic rings. The molecule has 6 unspecified atom stereocenters. The van der Waals surface area contributed by atoms with Gasteiger partial charge >= 0.3 is 8.56 Å². The summed E-state index contributed by atoms with van der Waals surface area (Å²) < 4.78 is 25.1. The van der Waals surface area contributed by atoms with E-state index in [-0.39, 0.29) is 0 Å². The lowest BCUT2D eigenvalue weighted by atomic mass is 9.88. The third-order valence-corrected chi connectivity index (χ3v) is 18.6.